The number of hydrogen-bond donors (Lipinski definition) is 0. The first-order chi connectivity index (χ1) is 8.79. The average molecular weight is 303 g/mol. The van der Waals surface area contributed by atoms with Crippen LogP contribution in [-0.2, 0) is 0 Å². The third-order valence-electron chi connectivity index (χ3n) is 2.84. The van der Waals surface area contributed by atoms with Crippen LogP contribution in [0.3, 0.4) is 0 Å². The highest BCUT2D eigenvalue weighted by Crippen LogP contribution is 2.29. The fraction of sp³-hybridized carbons (Fsp3) is 0.0714. The summed E-state index contributed by atoms with van der Waals surface area (Å²) in [6.45, 7) is 0. The molecule has 0 saturated heterocycles. The van der Waals surface area contributed by atoms with Gasteiger partial charge in [0.1, 0.15) is 21.7 Å². The Labute approximate surface area is 113 Å². The van der Waals surface area contributed by atoms with Crippen molar-refractivity contribution < 1.29 is 4.74 Å². The second kappa shape index (κ2) is 4.46. The molecule has 0 aliphatic carbocycles. The zero-order valence-corrected chi connectivity index (χ0v) is 11.4. The molecule has 0 amide bonds. The van der Waals surface area contributed by atoms with E-state index in [-0.39, 0.29) is 0 Å². The second-order valence-corrected chi connectivity index (χ2v) is 4.66. The van der Waals surface area contributed by atoms with E-state index in [1.807, 2.05) is 53.1 Å². The van der Waals surface area contributed by atoms with Crippen LogP contribution >= 0.6 is 15.9 Å². The molecule has 0 unspecified atom stereocenters. The minimum atomic E-state index is 0.846. The SMILES string of the molecule is COc1ccc(-c2nc3ccccn3c2Br)cc1. The number of pyridine rings is 1. The summed E-state index contributed by atoms with van der Waals surface area (Å²) < 4.78 is 8.13. The van der Waals surface area contributed by atoms with E-state index < -0.39 is 0 Å². The molecule has 0 radical (unpaired) electrons. The Morgan fingerprint density at radius 2 is 1.89 bits per heavy atom. The Bertz CT molecular complexity index is 689. The molecule has 4 heteroatoms. The van der Waals surface area contributed by atoms with Crippen LogP contribution in [-0.4, -0.2) is 16.5 Å². The van der Waals surface area contributed by atoms with Gasteiger partial charge in [-0.1, -0.05) is 6.07 Å². The van der Waals surface area contributed by atoms with Crippen LogP contribution in [0.1, 0.15) is 0 Å². The number of hydrogen-bond acceptors (Lipinski definition) is 2. The topological polar surface area (TPSA) is 26.5 Å². The molecular weight excluding hydrogens is 292 g/mol. The van der Waals surface area contributed by atoms with Crippen molar-refractivity contribution in [2.45, 2.75) is 0 Å². The Kier molecular flexibility index (Phi) is 2.80. The lowest BCUT2D eigenvalue weighted by Gasteiger charge is -2.01. The van der Waals surface area contributed by atoms with Crippen molar-refractivity contribution in [2.75, 3.05) is 7.11 Å². The van der Waals surface area contributed by atoms with Gasteiger partial charge in [-0.3, -0.25) is 4.40 Å². The highest BCUT2D eigenvalue weighted by atomic mass is 79.9. The van der Waals surface area contributed by atoms with E-state index in [9.17, 15) is 0 Å². The molecule has 0 bridgehead atoms. The van der Waals surface area contributed by atoms with Gasteiger partial charge in [0.25, 0.3) is 0 Å². The largest absolute Gasteiger partial charge is 0.497 e. The van der Waals surface area contributed by atoms with E-state index in [4.69, 9.17) is 4.74 Å². The number of aromatic nitrogens is 2. The van der Waals surface area contributed by atoms with Crippen molar-refractivity contribution >= 4 is 21.6 Å². The third kappa shape index (κ3) is 1.78. The number of ether oxygens (including phenoxy) is 1. The van der Waals surface area contributed by atoms with Crippen LogP contribution < -0.4 is 4.74 Å². The van der Waals surface area contributed by atoms with E-state index in [0.717, 1.165) is 27.3 Å². The summed E-state index contributed by atoms with van der Waals surface area (Å²) in [6, 6.07) is 13.8. The number of halogens is 1. The van der Waals surface area contributed by atoms with Gasteiger partial charge in [0.05, 0.1) is 7.11 Å². The minimum absolute atomic E-state index is 0.846. The molecule has 18 heavy (non-hydrogen) atoms. The van der Waals surface area contributed by atoms with Crippen molar-refractivity contribution in [3.05, 3.63) is 53.3 Å². The molecule has 3 rings (SSSR count). The first-order valence-electron chi connectivity index (χ1n) is 5.56. The lowest BCUT2D eigenvalue weighted by Crippen LogP contribution is -1.84. The van der Waals surface area contributed by atoms with Gasteiger partial charge in [-0.2, -0.15) is 0 Å². The maximum atomic E-state index is 5.16. The van der Waals surface area contributed by atoms with Gasteiger partial charge in [0, 0.05) is 11.8 Å². The van der Waals surface area contributed by atoms with Crippen LogP contribution in [0.25, 0.3) is 16.9 Å². The zero-order chi connectivity index (χ0) is 12.5. The van der Waals surface area contributed by atoms with Gasteiger partial charge in [-0.05, 0) is 52.3 Å². The van der Waals surface area contributed by atoms with Gasteiger partial charge in [0.15, 0.2) is 0 Å². The van der Waals surface area contributed by atoms with Crippen molar-refractivity contribution in [3.8, 4) is 17.0 Å². The fourth-order valence-electron chi connectivity index (χ4n) is 1.90. The Hall–Kier alpha value is -1.81. The average Bonchev–Trinajstić information content (AvgIpc) is 2.77. The molecule has 90 valence electrons. The number of benzene rings is 1. The van der Waals surface area contributed by atoms with Crippen LogP contribution in [0.5, 0.6) is 5.75 Å². The highest BCUT2D eigenvalue weighted by Gasteiger charge is 2.10. The monoisotopic (exact) mass is 302 g/mol. The minimum Gasteiger partial charge on any atom is -0.497 e. The third-order valence-corrected chi connectivity index (χ3v) is 3.59. The lowest BCUT2D eigenvalue weighted by atomic mass is 10.2. The molecule has 0 atom stereocenters. The Morgan fingerprint density at radius 3 is 2.56 bits per heavy atom. The standard InChI is InChI=1S/C14H11BrN2O/c1-18-11-7-5-10(6-8-11)13-14(15)17-9-3-2-4-12(17)16-13/h2-9H,1H3. The Morgan fingerprint density at radius 1 is 1.11 bits per heavy atom. The number of rotatable bonds is 2. The van der Waals surface area contributed by atoms with Gasteiger partial charge in [0.2, 0.25) is 0 Å². The molecule has 0 N–H and O–H groups in total. The van der Waals surface area contributed by atoms with E-state index in [1.54, 1.807) is 7.11 Å². The van der Waals surface area contributed by atoms with Crippen LogP contribution in [0.4, 0.5) is 0 Å². The van der Waals surface area contributed by atoms with Gasteiger partial charge >= 0.3 is 0 Å². The quantitative estimate of drug-likeness (QED) is 0.720. The predicted molar refractivity (Wildman–Crippen MR) is 74.9 cm³/mol. The second-order valence-electron chi connectivity index (χ2n) is 3.91. The molecule has 0 aliphatic rings. The van der Waals surface area contributed by atoms with E-state index in [2.05, 4.69) is 20.9 Å². The molecule has 2 heterocycles. The lowest BCUT2D eigenvalue weighted by molar-refractivity contribution is 0.415. The molecular formula is C14H11BrN2O. The summed E-state index contributed by atoms with van der Waals surface area (Å²) in [7, 11) is 1.66. The van der Waals surface area contributed by atoms with Crippen LogP contribution in [0.15, 0.2) is 53.3 Å². The molecule has 0 spiro atoms. The molecule has 0 saturated carbocycles. The molecule has 3 aromatic rings. The molecule has 0 fully saturated rings. The molecule has 3 nitrogen and oxygen atoms in total. The van der Waals surface area contributed by atoms with E-state index in [1.165, 1.54) is 0 Å². The number of methoxy groups -OCH3 is 1. The van der Waals surface area contributed by atoms with Gasteiger partial charge in [-0.25, -0.2) is 4.98 Å². The smallest absolute Gasteiger partial charge is 0.138 e. The van der Waals surface area contributed by atoms with Crippen LogP contribution in [0.2, 0.25) is 0 Å². The summed E-state index contributed by atoms with van der Waals surface area (Å²) >= 11 is 3.59. The first-order valence-corrected chi connectivity index (χ1v) is 6.36. The number of fused-ring (bicyclic) bond motifs is 1. The summed E-state index contributed by atoms with van der Waals surface area (Å²) in [5, 5.41) is 0. The summed E-state index contributed by atoms with van der Waals surface area (Å²) in [6.07, 6.45) is 1.99. The summed E-state index contributed by atoms with van der Waals surface area (Å²) in [5.74, 6) is 0.846. The maximum Gasteiger partial charge on any atom is 0.138 e. The highest BCUT2D eigenvalue weighted by molar-refractivity contribution is 9.10. The number of imidazole rings is 1. The number of nitrogens with zero attached hydrogens (tertiary/aromatic N) is 2. The van der Waals surface area contributed by atoms with Gasteiger partial charge < -0.3 is 4.74 Å². The molecule has 1 aromatic carbocycles. The molecule has 0 aliphatic heterocycles. The van der Waals surface area contributed by atoms with E-state index in [0.29, 0.717) is 0 Å². The van der Waals surface area contributed by atoms with Crippen LogP contribution in [0, 0.1) is 0 Å². The first kappa shape index (κ1) is 11.3. The fourth-order valence-corrected chi connectivity index (χ4v) is 2.52. The normalized spacial score (nSPS) is 10.8. The summed E-state index contributed by atoms with van der Waals surface area (Å²) in [4.78, 5) is 4.61. The van der Waals surface area contributed by atoms with Crippen molar-refractivity contribution in [1.29, 1.82) is 0 Å². The van der Waals surface area contributed by atoms with Gasteiger partial charge in [-0.15, -0.1) is 0 Å². The van der Waals surface area contributed by atoms with Crippen molar-refractivity contribution in [3.63, 3.8) is 0 Å². The van der Waals surface area contributed by atoms with Crippen molar-refractivity contribution in [1.82, 2.24) is 9.38 Å². The zero-order valence-electron chi connectivity index (χ0n) is 9.80. The summed E-state index contributed by atoms with van der Waals surface area (Å²) in [5.41, 5.74) is 2.92. The maximum absolute atomic E-state index is 5.16. The predicted octanol–water partition coefficient (Wildman–Crippen LogP) is 3.77. The molecule has 2 aromatic heterocycles. The van der Waals surface area contributed by atoms with Crippen molar-refractivity contribution in [2.24, 2.45) is 0 Å². The Balaban J connectivity index is 2.15. The van der Waals surface area contributed by atoms with E-state index >= 15 is 0 Å².